The Kier molecular flexibility index (Phi) is 13.0. The third-order valence-corrected chi connectivity index (χ3v) is 4.56. The molecule has 5 nitrogen and oxygen atoms in total. The molecule has 1 N–H and O–H groups in total. The van der Waals surface area contributed by atoms with Crippen molar-refractivity contribution in [3.05, 3.63) is 12.2 Å². The van der Waals surface area contributed by atoms with Crippen molar-refractivity contribution in [1.29, 1.82) is 0 Å². The first kappa shape index (κ1) is 22.1. The van der Waals surface area contributed by atoms with Gasteiger partial charge < -0.3 is 4.90 Å². The number of allylic oxidation sites excluding steroid dienone is 1. The Morgan fingerprint density at radius 1 is 1.00 bits per heavy atom. The van der Waals surface area contributed by atoms with Crippen molar-refractivity contribution in [3.8, 4) is 0 Å². The summed E-state index contributed by atoms with van der Waals surface area (Å²) in [7, 11) is -2.31. The van der Waals surface area contributed by atoms with E-state index in [9.17, 15) is 13.2 Å². The molecule has 0 aromatic carbocycles. The summed E-state index contributed by atoms with van der Waals surface area (Å²) in [5.74, 6) is -0.438. The van der Waals surface area contributed by atoms with Crippen LogP contribution in [0.4, 0.5) is 0 Å². The van der Waals surface area contributed by atoms with E-state index in [0.717, 1.165) is 12.8 Å². The first-order chi connectivity index (χ1) is 10.9. The molecule has 0 atom stereocenters. The lowest BCUT2D eigenvalue weighted by molar-refractivity contribution is -0.124. The average molecular weight is 348 g/mol. The summed E-state index contributed by atoms with van der Waals surface area (Å²) in [6.45, 7) is 2.54. The predicted molar refractivity (Wildman–Crippen MR) is 95.0 cm³/mol. The summed E-state index contributed by atoms with van der Waals surface area (Å²) in [5, 5.41) is 0. The van der Waals surface area contributed by atoms with Crippen molar-refractivity contribution in [1.82, 2.24) is 4.90 Å². The van der Waals surface area contributed by atoms with Crippen molar-refractivity contribution in [2.45, 2.75) is 71.1 Å². The van der Waals surface area contributed by atoms with Gasteiger partial charge in [0.1, 0.15) is 0 Å². The SMILES string of the molecule is CCCCCCCCCC/C=C/C(=O)N(C)CCCS(=O)(=O)O. The minimum absolute atomic E-state index is 0.125. The number of carbonyl (C=O) groups is 1. The monoisotopic (exact) mass is 347 g/mol. The maximum absolute atomic E-state index is 11.8. The van der Waals surface area contributed by atoms with Gasteiger partial charge in [0, 0.05) is 13.6 Å². The van der Waals surface area contributed by atoms with E-state index in [1.807, 2.05) is 6.08 Å². The zero-order valence-electron chi connectivity index (χ0n) is 14.7. The molecule has 0 unspecified atom stereocenters. The van der Waals surface area contributed by atoms with Crippen molar-refractivity contribution in [2.75, 3.05) is 19.3 Å². The van der Waals surface area contributed by atoms with Crippen LogP contribution < -0.4 is 0 Å². The fourth-order valence-electron chi connectivity index (χ4n) is 2.30. The Morgan fingerprint density at radius 3 is 2.13 bits per heavy atom. The summed E-state index contributed by atoms with van der Waals surface area (Å²) < 4.78 is 29.8. The van der Waals surface area contributed by atoms with Crippen LogP contribution in [0.5, 0.6) is 0 Å². The lowest BCUT2D eigenvalue weighted by Crippen LogP contribution is -2.27. The molecule has 0 aromatic heterocycles. The predicted octanol–water partition coefficient (Wildman–Crippen LogP) is 3.81. The molecule has 0 aliphatic rings. The fraction of sp³-hybridized carbons (Fsp3) is 0.824. The van der Waals surface area contributed by atoms with Gasteiger partial charge in [-0.3, -0.25) is 9.35 Å². The number of hydrogen-bond donors (Lipinski definition) is 1. The molecule has 0 aliphatic carbocycles. The van der Waals surface area contributed by atoms with Gasteiger partial charge in [-0.2, -0.15) is 8.42 Å². The van der Waals surface area contributed by atoms with Crippen LogP contribution in [0.3, 0.4) is 0 Å². The Balaban J connectivity index is 3.60. The molecule has 0 radical (unpaired) electrons. The molecule has 0 saturated heterocycles. The third-order valence-electron chi connectivity index (χ3n) is 3.76. The van der Waals surface area contributed by atoms with Crippen LogP contribution in [0.2, 0.25) is 0 Å². The van der Waals surface area contributed by atoms with Crippen LogP contribution in [0, 0.1) is 0 Å². The lowest BCUT2D eigenvalue weighted by Gasteiger charge is -2.14. The van der Waals surface area contributed by atoms with Crippen LogP contribution in [0.15, 0.2) is 12.2 Å². The topological polar surface area (TPSA) is 74.7 Å². The van der Waals surface area contributed by atoms with E-state index in [-0.39, 0.29) is 18.1 Å². The number of nitrogens with zero attached hydrogens (tertiary/aromatic N) is 1. The second-order valence-corrected chi connectivity index (χ2v) is 7.64. The van der Waals surface area contributed by atoms with E-state index in [1.165, 1.54) is 49.8 Å². The van der Waals surface area contributed by atoms with Gasteiger partial charge in [-0.1, -0.05) is 57.9 Å². The van der Waals surface area contributed by atoms with Crippen LogP contribution in [0.25, 0.3) is 0 Å². The molecular formula is C17H33NO4S. The molecule has 136 valence electrons. The molecule has 0 aromatic rings. The number of amides is 1. The van der Waals surface area contributed by atoms with E-state index in [0.29, 0.717) is 6.54 Å². The van der Waals surface area contributed by atoms with Gasteiger partial charge in [-0.25, -0.2) is 0 Å². The highest BCUT2D eigenvalue weighted by Gasteiger charge is 2.08. The number of likely N-dealkylation sites (N-methyl/N-ethyl adjacent to an activating group) is 1. The van der Waals surface area contributed by atoms with E-state index in [2.05, 4.69) is 6.92 Å². The standard InChI is InChI=1S/C17H33NO4S/c1-3-4-5-6-7-8-9-10-11-12-14-17(19)18(2)15-13-16-23(20,21)22/h12,14H,3-11,13,15-16H2,1-2H3,(H,20,21,22)/b14-12+. The average Bonchev–Trinajstić information content (AvgIpc) is 2.47. The van der Waals surface area contributed by atoms with Crippen molar-refractivity contribution < 1.29 is 17.8 Å². The number of unbranched alkanes of at least 4 members (excludes halogenated alkanes) is 8. The van der Waals surface area contributed by atoms with Gasteiger partial charge in [0.25, 0.3) is 10.1 Å². The number of carbonyl (C=O) groups excluding carboxylic acids is 1. The first-order valence-electron chi connectivity index (χ1n) is 8.73. The first-order valence-corrected chi connectivity index (χ1v) is 10.3. The highest BCUT2D eigenvalue weighted by molar-refractivity contribution is 7.85. The van der Waals surface area contributed by atoms with Crippen LogP contribution in [0.1, 0.15) is 71.1 Å². The van der Waals surface area contributed by atoms with E-state index < -0.39 is 10.1 Å². The van der Waals surface area contributed by atoms with Gasteiger partial charge in [-0.15, -0.1) is 0 Å². The molecule has 1 amide bonds. The Hall–Kier alpha value is -0.880. The molecule has 0 spiro atoms. The zero-order chi connectivity index (χ0) is 17.6. The minimum atomic E-state index is -3.94. The fourth-order valence-corrected chi connectivity index (χ4v) is 2.80. The van der Waals surface area contributed by atoms with Gasteiger partial charge in [0.05, 0.1) is 5.75 Å². The molecular weight excluding hydrogens is 314 g/mol. The molecule has 0 fully saturated rings. The lowest BCUT2D eigenvalue weighted by atomic mass is 10.1. The quantitative estimate of drug-likeness (QED) is 0.294. The Labute approximate surface area is 141 Å². The molecule has 6 heteroatoms. The highest BCUT2D eigenvalue weighted by atomic mass is 32.2. The molecule has 0 rings (SSSR count). The minimum Gasteiger partial charge on any atom is -0.342 e. The molecule has 0 saturated carbocycles. The van der Waals surface area contributed by atoms with Crippen LogP contribution in [-0.4, -0.2) is 43.1 Å². The van der Waals surface area contributed by atoms with Crippen molar-refractivity contribution in [2.24, 2.45) is 0 Å². The van der Waals surface area contributed by atoms with E-state index in [4.69, 9.17) is 4.55 Å². The summed E-state index contributed by atoms with van der Waals surface area (Å²) in [6, 6.07) is 0. The number of rotatable bonds is 14. The molecule has 0 heterocycles. The zero-order valence-corrected chi connectivity index (χ0v) is 15.5. The highest BCUT2D eigenvalue weighted by Crippen LogP contribution is 2.09. The maximum atomic E-state index is 11.8. The molecule has 0 bridgehead atoms. The van der Waals surface area contributed by atoms with Crippen LogP contribution in [-0.2, 0) is 14.9 Å². The second kappa shape index (κ2) is 13.5. The Bertz CT molecular complexity index is 432. The van der Waals surface area contributed by atoms with Crippen molar-refractivity contribution in [3.63, 3.8) is 0 Å². The van der Waals surface area contributed by atoms with E-state index in [1.54, 1.807) is 13.1 Å². The number of hydrogen-bond acceptors (Lipinski definition) is 3. The normalized spacial score (nSPS) is 12.0. The molecule has 0 aliphatic heterocycles. The summed E-state index contributed by atoms with van der Waals surface area (Å²) in [5.41, 5.74) is 0. The second-order valence-electron chi connectivity index (χ2n) is 6.07. The molecule has 23 heavy (non-hydrogen) atoms. The van der Waals surface area contributed by atoms with Gasteiger partial charge in [0.2, 0.25) is 5.91 Å². The summed E-state index contributed by atoms with van der Waals surface area (Å²) in [4.78, 5) is 13.2. The van der Waals surface area contributed by atoms with Crippen LogP contribution >= 0.6 is 0 Å². The van der Waals surface area contributed by atoms with Gasteiger partial charge in [0.15, 0.2) is 0 Å². The third kappa shape index (κ3) is 15.8. The van der Waals surface area contributed by atoms with Crippen molar-refractivity contribution >= 4 is 16.0 Å². The smallest absolute Gasteiger partial charge is 0.264 e. The Morgan fingerprint density at radius 2 is 1.57 bits per heavy atom. The van der Waals surface area contributed by atoms with Gasteiger partial charge in [-0.05, 0) is 25.3 Å². The van der Waals surface area contributed by atoms with E-state index >= 15 is 0 Å². The summed E-state index contributed by atoms with van der Waals surface area (Å²) >= 11 is 0. The summed E-state index contributed by atoms with van der Waals surface area (Å²) in [6.07, 6.45) is 14.7. The maximum Gasteiger partial charge on any atom is 0.264 e. The largest absolute Gasteiger partial charge is 0.342 e. The van der Waals surface area contributed by atoms with Gasteiger partial charge >= 0.3 is 0 Å².